The second-order valence-electron chi connectivity index (χ2n) is 4.25. The Balaban J connectivity index is 2.46. The minimum absolute atomic E-state index is 0.222. The monoisotopic (exact) mass is 222 g/mol. The van der Waals surface area contributed by atoms with Crippen molar-refractivity contribution in [3.05, 3.63) is 29.8 Å². The number of hydrogen-bond acceptors (Lipinski definition) is 3. The Kier molecular flexibility index (Phi) is 5.29. The van der Waals surface area contributed by atoms with Crippen LogP contribution in [0.4, 0.5) is 5.69 Å². The SMILES string of the molecule is CCN(CCC(C)O)Cc1ccc(N)cc1. The average Bonchev–Trinajstić information content (AvgIpc) is 2.26. The molecular weight excluding hydrogens is 200 g/mol. The quantitative estimate of drug-likeness (QED) is 0.722. The van der Waals surface area contributed by atoms with Crippen LogP contribution >= 0.6 is 0 Å². The van der Waals surface area contributed by atoms with Crippen LogP contribution in [0.3, 0.4) is 0 Å². The molecule has 16 heavy (non-hydrogen) atoms. The zero-order valence-corrected chi connectivity index (χ0v) is 10.2. The summed E-state index contributed by atoms with van der Waals surface area (Å²) in [7, 11) is 0. The highest BCUT2D eigenvalue weighted by atomic mass is 16.3. The molecule has 0 aliphatic carbocycles. The van der Waals surface area contributed by atoms with Gasteiger partial charge in [0.2, 0.25) is 0 Å². The maximum Gasteiger partial charge on any atom is 0.0524 e. The first kappa shape index (κ1) is 13.0. The molecule has 1 atom stereocenters. The van der Waals surface area contributed by atoms with Crippen LogP contribution in [-0.2, 0) is 6.54 Å². The molecule has 0 aliphatic heterocycles. The third kappa shape index (κ3) is 4.64. The van der Waals surface area contributed by atoms with Gasteiger partial charge in [-0.3, -0.25) is 4.90 Å². The summed E-state index contributed by atoms with van der Waals surface area (Å²) in [5.41, 5.74) is 7.71. The molecule has 1 unspecified atom stereocenters. The zero-order chi connectivity index (χ0) is 12.0. The van der Waals surface area contributed by atoms with Crippen molar-refractivity contribution in [1.82, 2.24) is 4.90 Å². The molecular formula is C13H22N2O. The molecule has 1 aromatic carbocycles. The van der Waals surface area contributed by atoms with Crippen molar-refractivity contribution < 1.29 is 5.11 Å². The fourth-order valence-corrected chi connectivity index (χ4v) is 1.60. The van der Waals surface area contributed by atoms with Gasteiger partial charge in [-0.05, 0) is 37.6 Å². The number of aliphatic hydroxyl groups excluding tert-OH is 1. The fraction of sp³-hybridized carbons (Fsp3) is 0.538. The fourth-order valence-electron chi connectivity index (χ4n) is 1.60. The van der Waals surface area contributed by atoms with E-state index in [1.54, 1.807) is 0 Å². The van der Waals surface area contributed by atoms with E-state index >= 15 is 0 Å². The lowest BCUT2D eigenvalue weighted by molar-refractivity contribution is 0.155. The minimum atomic E-state index is -0.222. The summed E-state index contributed by atoms with van der Waals surface area (Å²) >= 11 is 0. The van der Waals surface area contributed by atoms with Crippen LogP contribution in [0.15, 0.2) is 24.3 Å². The average molecular weight is 222 g/mol. The predicted molar refractivity (Wildman–Crippen MR) is 68.1 cm³/mol. The van der Waals surface area contributed by atoms with Gasteiger partial charge in [0.25, 0.3) is 0 Å². The van der Waals surface area contributed by atoms with Crippen LogP contribution in [0.25, 0.3) is 0 Å². The maximum atomic E-state index is 9.26. The lowest BCUT2D eigenvalue weighted by atomic mass is 10.2. The van der Waals surface area contributed by atoms with Crippen LogP contribution in [-0.4, -0.2) is 29.2 Å². The summed E-state index contributed by atoms with van der Waals surface area (Å²) in [4.78, 5) is 2.32. The van der Waals surface area contributed by atoms with Crippen molar-refractivity contribution in [2.24, 2.45) is 0 Å². The molecule has 0 fully saturated rings. The van der Waals surface area contributed by atoms with E-state index in [9.17, 15) is 5.11 Å². The number of rotatable bonds is 6. The van der Waals surface area contributed by atoms with Gasteiger partial charge in [-0.1, -0.05) is 19.1 Å². The van der Waals surface area contributed by atoms with E-state index in [4.69, 9.17) is 5.73 Å². The van der Waals surface area contributed by atoms with E-state index in [1.165, 1.54) is 5.56 Å². The van der Waals surface area contributed by atoms with Crippen molar-refractivity contribution in [3.8, 4) is 0 Å². The Hall–Kier alpha value is -1.06. The molecule has 0 aliphatic rings. The topological polar surface area (TPSA) is 49.5 Å². The smallest absolute Gasteiger partial charge is 0.0524 e. The van der Waals surface area contributed by atoms with Crippen LogP contribution in [0.1, 0.15) is 25.8 Å². The van der Waals surface area contributed by atoms with E-state index in [0.717, 1.165) is 31.7 Å². The number of hydrogen-bond donors (Lipinski definition) is 2. The summed E-state index contributed by atoms with van der Waals surface area (Å²) in [5, 5.41) is 9.26. The molecule has 3 N–H and O–H groups in total. The molecule has 0 saturated heterocycles. The van der Waals surface area contributed by atoms with E-state index in [1.807, 2.05) is 19.1 Å². The molecule has 3 nitrogen and oxygen atoms in total. The second kappa shape index (κ2) is 6.51. The van der Waals surface area contributed by atoms with Gasteiger partial charge in [0, 0.05) is 18.8 Å². The van der Waals surface area contributed by atoms with Crippen molar-refractivity contribution in [2.75, 3.05) is 18.8 Å². The number of nitrogen functional groups attached to an aromatic ring is 1. The van der Waals surface area contributed by atoms with Gasteiger partial charge in [0.15, 0.2) is 0 Å². The molecule has 0 aromatic heterocycles. The lowest BCUT2D eigenvalue weighted by Crippen LogP contribution is -2.26. The molecule has 0 spiro atoms. The van der Waals surface area contributed by atoms with E-state index < -0.39 is 0 Å². The van der Waals surface area contributed by atoms with Gasteiger partial charge in [-0.25, -0.2) is 0 Å². The largest absolute Gasteiger partial charge is 0.399 e. The molecule has 0 amide bonds. The molecule has 1 rings (SSSR count). The zero-order valence-electron chi connectivity index (χ0n) is 10.2. The van der Waals surface area contributed by atoms with Crippen molar-refractivity contribution in [3.63, 3.8) is 0 Å². The Morgan fingerprint density at radius 3 is 2.44 bits per heavy atom. The second-order valence-corrected chi connectivity index (χ2v) is 4.25. The van der Waals surface area contributed by atoms with Crippen LogP contribution in [0.5, 0.6) is 0 Å². The predicted octanol–water partition coefficient (Wildman–Crippen LogP) is 1.86. The Labute approximate surface area is 97.9 Å². The van der Waals surface area contributed by atoms with Crippen molar-refractivity contribution in [1.29, 1.82) is 0 Å². The Morgan fingerprint density at radius 2 is 1.94 bits per heavy atom. The minimum Gasteiger partial charge on any atom is -0.399 e. The molecule has 1 aromatic rings. The Bertz CT molecular complexity index is 295. The number of anilines is 1. The highest BCUT2D eigenvalue weighted by molar-refractivity contribution is 5.39. The number of benzene rings is 1. The number of aliphatic hydroxyl groups is 1. The standard InChI is InChI=1S/C13H22N2O/c1-3-15(9-8-11(2)16)10-12-4-6-13(14)7-5-12/h4-7,11,16H,3,8-10,14H2,1-2H3. The molecule has 90 valence electrons. The summed E-state index contributed by atoms with van der Waals surface area (Å²) in [5.74, 6) is 0. The lowest BCUT2D eigenvalue weighted by Gasteiger charge is -2.21. The molecule has 0 saturated carbocycles. The van der Waals surface area contributed by atoms with Gasteiger partial charge >= 0.3 is 0 Å². The van der Waals surface area contributed by atoms with Gasteiger partial charge in [0.05, 0.1) is 6.10 Å². The maximum absolute atomic E-state index is 9.26. The van der Waals surface area contributed by atoms with E-state index in [2.05, 4.69) is 24.0 Å². The van der Waals surface area contributed by atoms with Crippen LogP contribution in [0.2, 0.25) is 0 Å². The van der Waals surface area contributed by atoms with Gasteiger partial charge < -0.3 is 10.8 Å². The number of nitrogens with two attached hydrogens (primary N) is 1. The van der Waals surface area contributed by atoms with Crippen LogP contribution in [0, 0.1) is 0 Å². The first-order chi connectivity index (χ1) is 7.61. The van der Waals surface area contributed by atoms with E-state index in [0.29, 0.717) is 0 Å². The van der Waals surface area contributed by atoms with Gasteiger partial charge in [-0.2, -0.15) is 0 Å². The van der Waals surface area contributed by atoms with Crippen molar-refractivity contribution >= 4 is 5.69 Å². The third-order valence-electron chi connectivity index (χ3n) is 2.70. The van der Waals surface area contributed by atoms with Crippen molar-refractivity contribution in [2.45, 2.75) is 32.9 Å². The Morgan fingerprint density at radius 1 is 1.31 bits per heavy atom. The summed E-state index contributed by atoms with van der Waals surface area (Å²) in [6.45, 7) is 6.82. The number of nitrogens with zero attached hydrogens (tertiary/aromatic N) is 1. The molecule has 3 heteroatoms. The molecule has 0 bridgehead atoms. The molecule has 0 heterocycles. The highest BCUT2D eigenvalue weighted by Crippen LogP contribution is 2.09. The summed E-state index contributed by atoms with van der Waals surface area (Å²) in [6.07, 6.45) is 0.600. The van der Waals surface area contributed by atoms with Gasteiger partial charge in [0.1, 0.15) is 0 Å². The highest BCUT2D eigenvalue weighted by Gasteiger charge is 2.05. The summed E-state index contributed by atoms with van der Waals surface area (Å²) < 4.78 is 0. The first-order valence-corrected chi connectivity index (χ1v) is 5.86. The van der Waals surface area contributed by atoms with Crippen LogP contribution < -0.4 is 5.73 Å². The first-order valence-electron chi connectivity index (χ1n) is 5.86. The summed E-state index contributed by atoms with van der Waals surface area (Å²) in [6, 6.07) is 7.97. The van der Waals surface area contributed by atoms with E-state index in [-0.39, 0.29) is 6.10 Å². The third-order valence-corrected chi connectivity index (χ3v) is 2.70. The molecule has 0 radical (unpaired) electrons. The van der Waals surface area contributed by atoms with Gasteiger partial charge in [-0.15, -0.1) is 0 Å². The normalized spacial score (nSPS) is 13.0.